The Hall–Kier alpha value is -3.35. The van der Waals surface area contributed by atoms with Gasteiger partial charge in [0.15, 0.2) is 11.5 Å². The number of hydrogen-bond donors (Lipinski definition) is 2. The molecule has 1 saturated heterocycles. The van der Waals surface area contributed by atoms with E-state index in [-0.39, 0.29) is 23.0 Å². The van der Waals surface area contributed by atoms with Gasteiger partial charge < -0.3 is 20.1 Å². The van der Waals surface area contributed by atoms with Crippen molar-refractivity contribution in [1.82, 2.24) is 10.6 Å². The van der Waals surface area contributed by atoms with E-state index in [4.69, 9.17) is 14.5 Å². The maximum atomic E-state index is 13.2. The Labute approximate surface area is 212 Å². The molecule has 0 aromatic heterocycles. The van der Waals surface area contributed by atoms with E-state index in [1.54, 1.807) is 13.2 Å². The lowest BCUT2D eigenvalue weighted by molar-refractivity contribution is -0.122. The van der Waals surface area contributed by atoms with Crippen molar-refractivity contribution in [3.63, 3.8) is 0 Å². The summed E-state index contributed by atoms with van der Waals surface area (Å²) in [5.74, 6) is 1.17. The summed E-state index contributed by atoms with van der Waals surface area (Å²) in [5.41, 5.74) is 4.95. The first kappa shape index (κ1) is 24.3. The average Bonchev–Trinajstić information content (AvgIpc) is 3.02. The summed E-state index contributed by atoms with van der Waals surface area (Å²) in [6.45, 7) is 9.06. The Kier molecular flexibility index (Phi) is 6.05. The van der Waals surface area contributed by atoms with Crippen molar-refractivity contribution in [3.8, 4) is 11.5 Å². The highest BCUT2D eigenvalue weighted by molar-refractivity contribution is 6.17. The third kappa shape index (κ3) is 4.59. The number of hydrogen-bond acceptors (Lipinski definition) is 5. The fourth-order valence-corrected chi connectivity index (χ4v) is 5.56. The summed E-state index contributed by atoms with van der Waals surface area (Å²) >= 11 is 0. The van der Waals surface area contributed by atoms with Gasteiger partial charge >= 0.3 is 0 Å². The van der Waals surface area contributed by atoms with Crippen LogP contribution in [0.4, 0.5) is 0 Å². The zero-order chi connectivity index (χ0) is 25.7. The summed E-state index contributed by atoms with van der Waals surface area (Å²) in [7, 11) is 1.68. The summed E-state index contributed by atoms with van der Waals surface area (Å²) in [6, 6.07) is 9.11. The Morgan fingerprint density at radius 1 is 1.17 bits per heavy atom. The molecule has 1 atom stereocenters. The topological polar surface area (TPSA) is 89.0 Å². The third-order valence-corrected chi connectivity index (χ3v) is 7.14. The molecule has 0 aliphatic carbocycles. The number of rotatable bonds is 4. The molecule has 7 heteroatoms. The van der Waals surface area contributed by atoms with Crippen LogP contribution in [0.25, 0.3) is 0 Å². The second-order valence-corrected chi connectivity index (χ2v) is 11.3. The molecular formula is C29H35N3O4. The summed E-state index contributed by atoms with van der Waals surface area (Å²) < 4.78 is 12.0. The van der Waals surface area contributed by atoms with Gasteiger partial charge in [0, 0.05) is 35.2 Å². The first-order valence-corrected chi connectivity index (χ1v) is 12.8. The predicted octanol–water partition coefficient (Wildman–Crippen LogP) is 3.98. The van der Waals surface area contributed by atoms with Crippen LogP contribution in [0.1, 0.15) is 79.6 Å². The second kappa shape index (κ2) is 8.95. The largest absolute Gasteiger partial charge is 0.493 e. The smallest absolute Gasteiger partial charge is 0.251 e. The van der Waals surface area contributed by atoms with E-state index in [9.17, 15) is 9.59 Å². The molecule has 190 valence electrons. The molecule has 0 spiro atoms. The number of fused-ring (bicyclic) bond motifs is 3. The Bertz CT molecular complexity index is 1260. The fraction of sp³-hybridized carbons (Fsp3) is 0.483. The fourth-order valence-electron chi connectivity index (χ4n) is 5.56. The summed E-state index contributed by atoms with van der Waals surface area (Å²) in [5, 5.41) is 5.81. The lowest BCUT2D eigenvalue weighted by Gasteiger charge is -2.31. The highest BCUT2D eigenvalue weighted by atomic mass is 16.5. The number of aliphatic imine (C=N–C) groups is 1. The molecular weight excluding hydrogens is 454 g/mol. The molecule has 0 bridgehead atoms. The van der Waals surface area contributed by atoms with Gasteiger partial charge in [0.05, 0.1) is 18.4 Å². The lowest BCUT2D eigenvalue weighted by atomic mass is 9.80. The van der Waals surface area contributed by atoms with Crippen molar-refractivity contribution in [2.75, 3.05) is 13.7 Å². The average molecular weight is 490 g/mol. The first-order chi connectivity index (χ1) is 17.1. The van der Waals surface area contributed by atoms with E-state index < -0.39 is 6.04 Å². The standard InChI is InChI=1S/C29H35N3O4/c1-28(2)15-19-14-22(35-5)25-20(16-29(3,4)36-25)23(19)24(32-28)17-9-8-10-18(13-17)26(33)31-21-11-6-7-12-30-27(21)34/h8-10,13-14,21H,6-7,11-12,15-16H2,1-5H3,(H,30,34)(H,31,33)/t21-/m1/s1. The van der Waals surface area contributed by atoms with Gasteiger partial charge in [-0.3, -0.25) is 14.6 Å². The molecule has 2 amide bonds. The van der Waals surface area contributed by atoms with Crippen LogP contribution in [0.3, 0.4) is 0 Å². The van der Waals surface area contributed by atoms with Crippen LogP contribution in [0, 0.1) is 0 Å². The van der Waals surface area contributed by atoms with Gasteiger partial charge in [-0.25, -0.2) is 0 Å². The van der Waals surface area contributed by atoms with Crippen LogP contribution in [0.2, 0.25) is 0 Å². The molecule has 2 aromatic carbocycles. The Morgan fingerprint density at radius 2 is 1.97 bits per heavy atom. The van der Waals surface area contributed by atoms with Gasteiger partial charge in [0.1, 0.15) is 11.6 Å². The van der Waals surface area contributed by atoms with Gasteiger partial charge in [-0.15, -0.1) is 0 Å². The Balaban J connectivity index is 1.54. The summed E-state index contributed by atoms with van der Waals surface area (Å²) in [6.07, 6.45) is 4.01. The summed E-state index contributed by atoms with van der Waals surface area (Å²) in [4.78, 5) is 30.7. The van der Waals surface area contributed by atoms with E-state index in [0.717, 1.165) is 59.6 Å². The molecule has 5 rings (SSSR count). The zero-order valence-electron chi connectivity index (χ0n) is 21.8. The monoisotopic (exact) mass is 489 g/mol. The van der Waals surface area contributed by atoms with Crippen molar-refractivity contribution in [2.45, 2.75) is 77.0 Å². The van der Waals surface area contributed by atoms with E-state index in [2.05, 4.69) is 44.4 Å². The normalized spacial score (nSPS) is 21.8. The van der Waals surface area contributed by atoms with Crippen LogP contribution < -0.4 is 20.1 Å². The number of amides is 2. The van der Waals surface area contributed by atoms with Crippen LogP contribution in [0.5, 0.6) is 11.5 Å². The molecule has 3 aliphatic heterocycles. The van der Waals surface area contributed by atoms with Crippen molar-refractivity contribution in [2.24, 2.45) is 4.99 Å². The van der Waals surface area contributed by atoms with Gasteiger partial charge in [0.25, 0.3) is 5.91 Å². The van der Waals surface area contributed by atoms with Crippen LogP contribution in [-0.2, 0) is 17.6 Å². The molecule has 3 heterocycles. The Morgan fingerprint density at radius 3 is 2.75 bits per heavy atom. The third-order valence-electron chi connectivity index (χ3n) is 7.14. The van der Waals surface area contributed by atoms with E-state index >= 15 is 0 Å². The number of nitrogens with zero attached hydrogens (tertiary/aromatic N) is 1. The predicted molar refractivity (Wildman–Crippen MR) is 139 cm³/mol. The van der Waals surface area contributed by atoms with Crippen molar-refractivity contribution in [1.29, 1.82) is 0 Å². The van der Waals surface area contributed by atoms with Crippen molar-refractivity contribution >= 4 is 17.5 Å². The van der Waals surface area contributed by atoms with Gasteiger partial charge in [-0.1, -0.05) is 12.1 Å². The number of carbonyl (C=O) groups excluding carboxylic acids is 2. The van der Waals surface area contributed by atoms with Crippen LogP contribution in [-0.4, -0.2) is 48.4 Å². The second-order valence-electron chi connectivity index (χ2n) is 11.3. The SMILES string of the molecule is COc1cc2c(c3c1OC(C)(C)C3)C(c1cccc(C(=O)N[C@@H]3CCCCNC3=O)c1)=NC(C)(C)C2. The number of ether oxygens (including phenoxy) is 2. The van der Waals surface area contributed by atoms with Crippen LogP contribution >= 0.6 is 0 Å². The highest BCUT2D eigenvalue weighted by Gasteiger charge is 2.39. The molecule has 1 fully saturated rings. The van der Waals surface area contributed by atoms with Crippen molar-refractivity contribution in [3.05, 3.63) is 58.1 Å². The minimum absolute atomic E-state index is 0.114. The molecule has 2 N–H and O–H groups in total. The molecule has 36 heavy (non-hydrogen) atoms. The molecule has 7 nitrogen and oxygen atoms in total. The minimum Gasteiger partial charge on any atom is -0.493 e. The van der Waals surface area contributed by atoms with Gasteiger partial charge in [0.2, 0.25) is 5.91 Å². The van der Waals surface area contributed by atoms with Crippen LogP contribution in [0.15, 0.2) is 35.3 Å². The number of carbonyl (C=O) groups is 2. The first-order valence-electron chi connectivity index (χ1n) is 12.8. The number of benzene rings is 2. The lowest BCUT2D eigenvalue weighted by Crippen LogP contribution is -2.45. The van der Waals surface area contributed by atoms with Gasteiger partial charge in [-0.05, 0) is 77.1 Å². The molecule has 3 aliphatic rings. The van der Waals surface area contributed by atoms with Crippen molar-refractivity contribution < 1.29 is 19.1 Å². The molecule has 0 saturated carbocycles. The molecule has 2 aromatic rings. The molecule has 0 radical (unpaired) electrons. The quantitative estimate of drug-likeness (QED) is 0.680. The van der Waals surface area contributed by atoms with E-state index in [0.29, 0.717) is 18.5 Å². The zero-order valence-corrected chi connectivity index (χ0v) is 21.8. The van der Waals surface area contributed by atoms with E-state index in [1.807, 2.05) is 18.2 Å². The molecule has 0 unspecified atom stereocenters. The van der Waals surface area contributed by atoms with E-state index in [1.165, 1.54) is 5.56 Å². The maximum Gasteiger partial charge on any atom is 0.251 e. The number of methoxy groups -OCH3 is 1. The maximum absolute atomic E-state index is 13.2. The number of nitrogens with one attached hydrogen (secondary N) is 2. The van der Waals surface area contributed by atoms with Gasteiger partial charge in [-0.2, -0.15) is 0 Å². The highest BCUT2D eigenvalue weighted by Crippen LogP contribution is 2.47. The minimum atomic E-state index is -0.509.